The van der Waals surface area contributed by atoms with Gasteiger partial charge in [-0.2, -0.15) is 0 Å². The number of nitrogens with one attached hydrogen (secondary N) is 1. The van der Waals surface area contributed by atoms with Crippen molar-refractivity contribution in [2.75, 3.05) is 6.54 Å². The third-order valence-electron chi connectivity index (χ3n) is 2.59. The Bertz CT molecular complexity index is 411. The summed E-state index contributed by atoms with van der Waals surface area (Å²) in [6, 6.07) is 0.544. The summed E-state index contributed by atoms with van der Waals surface area (Å²) >= 11 is 1.72. The van der Waals surface area contributed by atoms with Gasteiger partial charge in [-0.3, -0.25) is 4.40 Å². The number of rotatable bonds is 1. The van der Waals surface area contributed by atoms with E-state index >= 15 is 0 Å². The van der Waals surface area contributed by atoms with Crippen LogP contribution in [0.3, 0.4) is 0 Å². The van der Waals surface area contributed by atoms with Crippen LogP contribution in [0.2, 0.25) is 0 Å². The number of hydrogen-bond donors (Lipinski definition) is 1. The minimum atomic E-state index is 0.544. The Hall–Kier alpha value is -0.870. The van der Waals surface area contributed by atoms with E-state index < -0.39 is 0 Å². The van der Waals surface area contributed by atoms with Gasteiger partial charge in [-0.1, -0.05) is 0 Å². The lowest BCUT2D eigenvalue weighted by Gasteiger charge is -2.07. The summed E-state index contributed by atoms with van der Waals surface area (Å²) in [6.45, 7) is 1.15. The molecule has 0 spiro atoms. The van der Waals surface area contributed by atoms with Gasteiger partial charge in [0.1, 0.15) is 0 Å². The van der Waals surface area contributed by atoms with Gasteiger partial charge in [-0.15, -0.1) is 11.3 Å². The van der Waals surface area contributed by atoms with Gasteiger partial charge in [-0.25, -0.2) is 4.98 Å². The van der Waals surface area contributed by atoms with Gasteiger partial charge in [-0.05, 0) is 19.4 Å². The number of thiazole rings is 1. The highest BCUT2D eigenvalue weighted by Gasteiger charge is 2.19. The van der Waals surface area contributed by atoms with Crippen LogP contribution < -0.4 is 5.32 Å². The summed E-state index contributed by atoms with van der Waals surface area (Å²) in [6.07, 6.45) is 6.45. The van der Waals surface area contributed by atoms with Gasteiger partial charge >= 0.3 is 0 Å². The van der Waals surface area contributed by atoms with Crippen LogP contribution in [-0.2, 0) is 0 Å². The Kier molecular flexibility index (Phi) is 1.63. The number of imidazole rings is 1. The fraction of sp³-hybridized carbons (Fsp3) is 0.444. The predicted octanol–water partition coefficient (Wildman–Crippen LogP) is 1.82. The molecule has 0 aromatic carbocycles. The highest BCUT2D eigenvalue weighted by molar-refractivity contribution is 7.15. The molecule has 1 saturated heterocycles. The lowest BCUT2D eigenvalue weighted by molar-refractivity contribution is 0.623. The van der Waals surface area contributed by atoms with E-state index in [0.717, 1.165) is 11.5 Å². The molecule has 0 aliphatic carbocycles. The third-order valence-corrected chi connectivity index (χ3v) is 3.46. The molecule has 3 heterocycles. The zero-order valence-electron chi connectivity index (χ0n) is 7.23. The van der Waals surface area contributed by atoms with Crippen molar-refractivity contribution in [1.82, 2.24) is 14.7 Å². The van der Waals surface area contributed by atoms with Crippen molar-refractivity contribution >= 4 is 16.3 Å². The first-order valence-electron chi connectivity index (χ1n) is 4.59. The van der Waals surface area contributed by atoms with Crippen molar-refractivity contribution in [2.24, 2.45) is 0 Å². The van der Waals surface area contributed by atoms with Crippen LogP contribution in [0.5, 0.6) is 0 Å². The first kappa shape index (κ1) is 7.53. The Balaban J connectivity index is 2.09. The standard InChI is InChI=1S/C9H11N3S/c1-2-7(10-3-1)8-6-13-9-11-4-5-12(8)9/h4-7,10H,1-3H2/t7-/m1/s1. The first-order chi connectivity index (χ1) is 6.45. The molecule has 68 valence electrons. The van der Waals surface area contributed by atoms with E-state index in [4.69, 9.17) is 0 Å². The Morgan fingerprint density at radius 2 is 2.62 bits per heavy atom. The number of nitrogens with zero attached hydrogens (tertiary/aromatic N) is 2. The Morgan fingerprint density at radius 3 is 3.46 bits per heavy atom. The number of hydrogen-bond acceptors (Lipinski definition) is 3. The lowest BCUT2D eigenvalue weighted by atomic mass is 10.2. The van der Waals surface area contributed by atoms with Gasteiger partial charge in [0.15, 0.2) is 4.96 Å². The van der Waals surface area contributed by atoms with Crippen molar-refractivity contribution < 1.29 is 0 Å². The molecule has 2 aromatic rings. The zero-order valence-corrected chi connectivity index (χ0v) is 8.05. The van der Waals surface area contributed by atoms with Crippen LogP contribution in [0.4, 0.5) is 0 Å². The van der Waals surface area contributed by atoms with Gasteiger partial charge in [0.25, 0.3) is 0 Å². The molecule has 1 aliphatic rings. The molecule has 13 heavy (non-hydrogen) atoms. The molecule has 0 unspecified atom stereocenters. The van der Waals surface area contributed by atoms with Crippen molar-refractivity contribution in [2.45, 2.75) is 18.9 Å². The molecule has 1 N–H and O–H groups in total. The van der Waals surface area contributed by atoms with Gasteiger partial charge in [0.2, 0.25) is 0 Å². The molecule has 3 rings (SSSR count). The van der Waals surface area contributed by atoms with Crippen LogP contribution >= 0.6 is 11.3 Å². The summed E-state index contributed by atoms with van der Waals surface area (Å²) in [5.41, 5.74) is 1.37. The van der Waals surface area contributed by atoms with Gasteiger partial charge in [0, 0.05) is 23.8 Å². The summed E-state index contributed by atoms with van der Waals surface area (Å²) < 4.78 is 2.19. The minimum Gasteiger partial charge on any atom is -0.309 e. The molecule has 1 atom stereocenters. The Labute approximate surface area is 80.4 Å². The molecule has 3 nitrogen and oxygen atoms in total. The van der Waals surface area contributed by atoms with Crippen molar-refractivity contribution in [3.63, 3.8) is 0 Å². The maximum atomic E-state index is 4.26. The van der Waals surface area contributed by atoms with Crippen LogP contribution in [-0.4, -0.2) is 15.9 Å². The summed E-state index contributed by atoms with van der Waals surface area (Å²) in [5, 5.41) is 5.71. The van der Waals surface area contributed by atoms with Gasteiger partial charge < -0.3 is 5.32 Å². The highest BCUT2D eigenvalue weighted by atomic mass is 32.1. The average molecular weight is 193 g/mol. The van der Waals surface area contributed by atoms with E-state index in [1.54, 1.807) is 11.3 Å². The van der Waals surface area contributed by atoms with Crippen molar-refractivity contribution in [1.29, 1.82) is 0 Å². The second-order valence-corrected chi connectivity index (χ2v) is 4.23. The molecule has 0 radical (unpaired) electrons. The fourth-order valence-corrected chi connectivity index (χ4v) is 2.84. The van der Waals surface area contributed by atoms with Crippen LogP contribution in [0.25, 0.3) is 4.96 Å². The molecule has 0 saturated carbocycles. The minimum absolute atomic E-state index is 0.544. The van der Waals surface area contributed by atoms with E-state index in [9.17, 15) is 0 Å². The van der Waals surface area contributed by atoms with Crippen LogP contribution in [0.1, 0.15) is 24.6 Å². The van der Waals surface area contributed by atoms with E-state index in [2.05, 4.69) is 20.1 Å². The van der Waals surface area contributed by atoms with E-state index in [0.29, 0.717) is 6.04 Å². The second kappa shape index (κ2) is 2.82. The first-order valence-corrected chi connectivity index (χ1v) is 5.47. The summed E-state index contributed by atoms with van der Waals surface area (Å²) in [5.74, 6) is 0. The van der Waals surface area contributed by atoms with Crippen molar-refractivity contribution in [3.8, 4) is 0 Å². The molecule has 0 amide bonds. The van der Waals surface area contributed by atoms with E-state index in [1.807, 2.05) is 12.4 Å². The maximum absolute atomic E-state index is 4.26. The van der Waals surface area contributed by atoms with Crippen molar-refractivity contribution in [3.05, 3.63) is 23.5 Å². The SMILES string of the molecule is c1cn2c([C@H]3CCCN3)csc2n1. The largest absolute Gasteiger partial charge is 0.309 e. The summed E-state index contributed by atoms with van der Waals surface area (Å²) in [4.78, 5) is 5.37. The fourth-order valence-electron chi connectivity index (χ4n) is 1.93. The maximum Gasteiger partial charge on any atom is 0.193 e. The smallest absolute Gasteiger partial charge is 0.193 e. The van der Waals surface area contributed by atoms with Gasteiger partial charge in [0.05, 0.1) is 5.69 Å². The molecule has 1 aliphatic heterocycles. The number of fused-ring (bicyclic) bond motifs is 1. The Morgan fingerprint density at radius 1 is 1.62 bits per heavy atom. The normalized spacial score (nSPS) is 22.9. The molecule has 2 aromatic heterocycles. The van der Waals surface area contributed by atoms with E-state index in [-0.39, 0.29) is 0 Å². The predicted molar refractivity (Wildman–Crippen MR) is 53.0 cm³/mol. The van der Waals surface area contributed by atoms with E-state index in [1.165, 1.54) is 18.5 Å². The quantitative estimate of drug-likeness (QED) is 0.748. The average Bonchev–Trinajstić information content (AvgIpc) is 2.79. The van der Waals surface area contributed by atoms with Crippen LogP contribution in [0.15, 0.2) is 17.8 Å². The lowest BCUT2D eigenvalue weighted by Crippen LogP contribution is -2.14. The molecular weight excluding hydrogens is 182 g/mol. The molecular formula is C9H11N3S. The molecule has 1 fully saturated rings. The summed E-state index contributed by atoms with van der Waals surface area (Å²) in [7, 11) is 0. The highest BCUT2D eigenvalue weighted by Crippen LogP contribution is 2.26. The monoisotopic (exact) mass is 193 g/mol. The van der Waals surface area contributed by atoms with Crippen LogP contribution in [0, 0.1) is 0 Å². The second-order valence-electron chi connectivity index (χ2n) is 3.39. The topological polar surface area (TPSA) is 29.3 Å². The number of aromatic nitrogens is 2. The molecule has 0 bridgehead atoms. The zero-order chi connectivity index (χ0) is 8.67. The third kappa shape index (κ3) is 1.09. The molecule has 4 heteroatoms.